The summed E-state index contributed by atoms with van der Waals surface area (Å²) in [6, 6.07) is 9.24. The molecule has 0 aliphatic heterocycles. The third kappa shape index (κ3) is 4.70. The molecule has 0 fully saturated rings. The molecule has 1 N–H and O–H groups in total. The first-order chi connectivity index (χ1) is 15.3. The van der Waals surface area contributed by atoms with Gasteiger partial charge >= 0.3 is 0 Å². The second-order valence-corrected chi connectivity index (χ2v) is 7.51. The van der Waals surface area contributed by atoms with Gasteiger partial charge in [0.05, 0.1) is 35.5 Å². The van der Waals surface area contributed by atoms with Crippen LogP contribution in [0.3, 0.4) is 0 Å². The van der Waals surface area contributed by atoms with E-state index in [1.54, 1.807) is 27.2 Å². The number of halogens is 2. The number of H-pyrrole nitrogens is 1. The summed E-state index contributed by atoms with van der Waals surface area (Å²) < 4.78 is 25.3. The van der Waals surface area contributed by atoms with Gasteiger partial charge in [0.2, 0.25) is 0 Å². The molecule has 0 amide bonds. The summed E-state index contributed by atoms with van der Waals surface area (Å²) in [5, 5.41) is 3.57. The molecule has 0 saturated heterocycles. The molecule has 1 aromatic heterocycles. The van der Waals surface area contributed by atoms with Crippen molar-refractivity contribution >= 4 is 29.7 Å². The molecule has 7 nitrogen and oxygen atoms in total. The maximum absolute atomic E-state index is 13.5. The van der Waals surface area contributed by atoms with Crippen LogP contribution in [0.4, 0.5) is 4.39 Å². The van der Waals surface area contributed by atoms with E-state index in [0.29, 0.717) is 40.6 Å². The zero-order valence-corrected chi connectivity index (χ0v) is 18.9. The van der Waals surface area contributed by atoms with Gasteiger partial charge in [-0.25, -0.2) is 9.07 Å². The SMILES string of the molecule is COc1cc(CN(C)/C(C)=c2/c(=O)n(-c3ccc(F)cc3Cl)[nH]/c2=C/C=O)cc(OC)c1. The van der Waals surface area contributed by atoms with Gasteiger partial charge in [-0.15, -0.1) is 0 Å². The van der Waals surface area contributed by atoms with Crippen LogP contribution in [-0.2, 0) is 11.3 Å². The van der Waals surface area contributed by atoms with E-state index in [4.69, 9.17) is 21.1 Å². The minimum absolute atomic E-state index is 0.0621. The average Bonchev–Trinajstić information content (AvgIpc) is 3.08. The molecule has 0 saturated carbocycles. The van der Waals surface area contributed by atoms with Gasteiger partial charge in [0.25, 0.3) is 5.56 Å². The van der Waals surface area contributed by atoms with Gasteiger partial charge in [-0.1, -0.05) is 11.6 Å². The summed E-state index contributed by atoms with van der Waals surface area (Å²) in [6.07, 6.45) is 1.85. The maximum Gasteiger partial charge on any atom is 0.280 e. The molecule has 3 aromatic rings. The topological polar surface area (TPSA) is 76.6 Å². The summed E-state index contributed by atoms with van der Waals surface area (Å²) in [6.45, 7) is 2.22. The van der Waals surface area contributed by atoms with E-state index in [1.165, 1.54) is 22.9 Å². The fraction of sp³-hybridized carbons (Fsp3) is 0.217. The number of aldehydes is 1. The number of rotatable bonds is 7. The smallest absolute Gasteiger partial charge is 0.280 e. The molecule has 2 aromatic carbocycles. The molecule has 0 aliphatic rings. The lowest BCUT2D eigenvalue weighted by Crippen LogP contribution is -2.40. The number of nitrogens with zero attached hydrogens (tertiary/aromatic N) is 2. The minimum atomic E-state index is -0.519. The van der Waals surface area contributed by atoms with Crippen molar-refractivity contribution in [2.75, 3.05) is 21.3 Å². The van der Waals surface area contributed by atoms with Crippen LogP contribution < -0.4 is 25.6 Å². The molecule has 0 atom stereocenters. The lowest BCUT2D eigenvalue weighted by molar-refractivity contribution is -0.103. The highest BCUT2D eigenvalue weighted by Gasteiger charge is 2.14. The van der Waals surface area contributed by atoms with E-state index in [0.717, 1.165) is 11.6 Å². The molecule has 3 rings (SSSR count). The highest BCUT2D eigenvalue weighted by atomic mass is 35.5. The minimum Gasteiger partial charge on any atom is -0.497 e. The molecule has 0 spiro atoms. The van der Waals surface area contributed by atoms with E-state index in [-0.39, 0.29) is 10.7 Å². The quantitative estimate of drug-likeness (QED) is 0.548. The molecule has 9 heteroatoms. The Morgan fingerprint density at radius 3 is 2.41 bits per heavy atom. The Hall–Kier alpha value is -3.52. The van der Waals surface area contributed by atoms with Gasteiger partial charge in [0.15, 0.2) is 0 Å². The highest BCUT2D eigenvalue weighted by molar-refractivity contribution is 6.32. The van der Waals surface area contributed by atoms with Crippen molar-refractivity contribution in [3.63, 3.8) is 0 Å². The molecular formula is C23H23ClFN3O4. The van der Waals surface area contributed by atoms with Crippen molar-refractivity contribution in [3.05, 3.63) is 73.7 Å². The number of benzene rings is 2. The van der Waals surface area contributed by atoms with E-state index < -0.39 is 11.4 Å². The van der Waals surface area contributed by atoms with Gasteiger partial charge in [0.1, 0.15) is 23.6 Å². The molecule has 0 unspecified atom stereocenters. The zero-order valence-electron chi connectivity index (χ0n) is 18.1. The number of carbonyl (C=O) groups excluding carboxylic acids is 1. The predicted octanol–water partition coefficient (Wildman–Crippen LogP) is 2.21. The fourth-order valence-electron chi connectivity index (χ4n) is 3.37. The van der Waals surface area contributed by atoms with Crippen LogP contribution in [0.5, 0.6) is 11.5 Å². The van der Waals surface area contributed by atoms with Crippen molar-refractivity contribution in [2.24, 2.45) is 0 Å². The lowest BCUT2D eigenvalue weighted by atomic mass is 10.1. The molecule has 0 radical (unpaired) electrons. The third-order valence-electron chi connectivity index (χ3n) is 5.07. The molecule has 0 aliphatic carbocycles. The van der Waals surface area contributed by atoms with Gasteiger partial charge in [-0.3, -0.25) is 14.7 Å². The average molecular weight is 460 g/mol. The number of aromatic amines is 1. The van der Waals surface area contributed by atoms with E-state index in [1.807, 2.05) is 24.1 Å². The first kappa shape index (κ1) is 23.1. The largest absolute Gasteiger partial charge is 0.497 e. The Kier molecular flexibility index (Phi) is 7.05. The van der Waals surface area contributed by atoms with E-state index >= 15 is 0 Å². The molecule has 32 heavy (non-hydrogen) atoms. The summed E-state index contributed by atoms with van der Waals surface area (Å²) in [7, 11) is 4.97. The predicted molar refractivity (Wildman–Crippen MR) is 121 cm³/mol. The van der Waals surface area contributed by atoms with E-state index in [2.05, 4.69) is 5.10 Å². The highest BCUT2D eigenvalue weighted by Crippen LogP contribution is 2.24. The van der Waals surface area contributed by atoms with Crippen LogP contribution in [-0.4, -0.2) is 42.2 Å². The van der Waals surface area contributed by atoms with E-state index in [9.17, 15) is 14.0 Å². The summed E-state index contributed by atoms with van der Waals surface area (Å²) in [4.78, 5) is 26.3. The fourth-order valence-corrected chi connectivity index (χ4v) is 3.62. The number of nitrogens with one attached hydrogen (secondary N) is 1. The number of ether oxygens (including phenoxy) is 2. The van der Waals surface area contributed by atoms with Crippen LogP contribution in [0.2, 0.25) is 5.02 Å². The summed E-state index contributed by atoms with van der Waals surface area (Å²) >= 11 is 6.14. The molecular weight excluding hydrogens is 437 g/mol. The molecule has 0 bridgehead atoms. The van der Waals surface area contributed by atoms with Gasteiger partial charge < -0.3 is 14.4 Å². The second-order valence-electron chi connectivity index (χ2n) is 7.10. The maximum atomic E-state index is 13.5. The second kappa shape index (κ2) is 9.74. The summed E-state index contributed by atoms with van der Waals surface area (Å²) in [5.41, 5.74) is 1.39. The van der Waals surface area contributed by atoms with Crippen LogP contribution in [0.1, 0.15) is 12.5 Å². The van der Waals surface area contributed by atoms with Crippen LogP contribution in [0, 0.1) is 5.82 Å². The Balaban J connectivity index is 2.13. The number of hydrogen-bond donors (Lipinski definition) is 1. The van der Waals surface area contributed by atoms with Crippen molar-refractivity contribution < 1.29 is 18.7 Å². The Morgan fingerprint density at radius 2 is 1.84 bits per heavy atom. The Labute approximate surface area is 188 Å². The first-order valence-corrected chi connectivity index (χ1v) is 10.0. The Morgan fingerprint density at radius 1 is 1.19 bits per heavy atom. The van der Waals surface area contributed by atoms with Crippen molar-refractivity contribution in [1.82, 2.24) is 14.7 Å². The Bertz CT molecular complexity index is 1310. The standard InChI is InChI=1S/C23H23ClFN3O4/c1-14(27(2)13-15-9-17(31-3)12-18(10-15)32-4)22-20(7-8-29)26-28(23(22)30)21-6-5-16(25)11-19(21)24/h5-12,26H,13H2,1-4H3/b20-7+,22-14+. The van der Waals surface area contributed by atoms with Crippen LogP contribution in [0.25, 0.3) is 17.5 Å². The van der Waals surface area contributed by atoms with Crippen LogP contribution in [0.15, 0.2) is 41.2 Å². The third-order valence-corrected chi connectivity index (χ3v) is 5.37. The number of methoxy groups -OCH3 is 2. The molecule has 1 heterocycles. The summed E-state index contributed by atoms with van der Waals surface area (Å²) in [5.74, 6) is 0.778. The normalized spacial score (nSPS) is 12.5. The van der Waals surface area contributed by atoms with Crippen molar-refractivity contribution in [2.45, 2.75) is 13.5 Å². The van der Waals surface area contributed by atoms with Crippen molar-refractivity contribution in [1.29, 1.82) is 0 Å². The molecule has 168 valence electrons. The monoisotopic (exact) mass is 459 g/mol. The van der Waals surface area contributed by atoms with Gasteiger partial charge in [-0.2, -0.15) is 0 Å². The van der Waals surface area contributed by atoms with Crippen molar-refractivity contribution in [3.8, 4) is 17.2 Å². The lowest BCUT2D eigenvalue weighted by Gasteiger charge is -2.20. The first-order valence-electron chi connectivity index (χ1n) is 9.65. The zero-order chi connectivity index (χ0) is 23.4. The van der Waals surface area contributed by atoms with Gasteiger partial charge in [-0.05, 0) is 42.8 Å². The number of aromatic nitrogens is 2. The number of hydrogen-bond acceptors (Lipinski definition) is 5. The van der Waals surface area contributed by atoms with Gasteiger partial charge in [0, 0.05) is 31.4 Å². The number of carbonyl (C=O) groups is 1. The van der Waals surface area contributed by atoms with Crippen LogP contribution >= 0.6 is 11.6 Å².